The first-order valence-electron chi connectivity index (χ1n) is 9.16. The van der Waals surface area contributed by atoms with Gasteiger partial charge in [-0.05, 0) is 53.4 Å². The maximum Gasteiger partial charge on any atom is 0.180 e. The highest BCUT2D eigenvalue weighted by Crippen LogP contribution is 2.37. The van der Waals surface area contributed by atoms with Gasteiger partial charge in [-0.2, -0.15) is 0 Å². The molecular weight excluding hydrogens is 377 g/mol. The molecule has 0 fully saturated rings. The smallest absolute Gasteiger partial charge is 0.180 e. The van der Waals surface area contributed by atoms with Crippen LogP contribution in [0, 0.1) is 5.82 Å². The molecule has 0 unspecified atom stereocenters. The average molecular weight is 400 g/mol. The van der Waals surface area contributed by atoms with E-state index in [1.165, 1.54) is 17.7 Å². The zero-order valence-electron chi connectivity index (χ0n) is 16.0. The van der Waals surface area contributed by atoms with Gasteiger partial charge in [-0.25, -0.2) is 4.39 Å². The summed E-state index contributed by atoms with van der Waals surface area (Å²) in [5.41, 5.74) is 4.06. The van der Waals surface area contributed by atoms with Gasteiger partial charge in [-0.1, -0.05) is 48.9 Å². The summed E-state index contributed by atoms with van der Waals surface area (Å²) in [5.74, 6) is 0.698. The molecule has 28 heavy (non-hydrogen) atoms. The number of hydrogen-bond acceptors (Lipinski definition) is 3. The molecule has 3 aromatic carbocycles. The van der Waals surface area contributed by atoms with Gasteiger partial charge in [0.25, 0.3) is 0 Å². The lowest BCUT2D eigenvalue weighted by molar-refractivity contribution is 0.284. The maximum absolute atomic E-state index is 13.3. The van der Waals surface area contributed by atoms with E-state index in [2.05, 4.69) is 24.4 Å². The molecule has 1 N–H and O–H groups in total. The highest BCUT2D eigenvalue weighted by molar-refractivity contribution is 6.32. The zero-order chi connectivity index (χ0) is 19.9. The van der Waals surface area contributed by atoms with Crippen LogP contribution < -0.4 is 14.8 Å². The summed E-state index contributed by atoms with van der Waals surface area (Å²) in [7, 11) is 1.57. The molecule has 0 saturated carbocycles. The van der Waals surface area contributed by atoms with Crippen LogP contribution in [0.15, 0.2) is 60.7 Å². The monoisotopic (exact) mass is 399 g/mol. The lowest BCUT2D eigenvalue weighted by atomic mass is 10.1. The second-order valence-corrected chi connectivity index (χ2v) is 6.80. The first-order chi connectivity index (χ1) is 13.6. The molecule has 0 atom stereocenters. The molecule has 0 radical (unpaired) electrons. The number of anilines is 1. The minimum absolute atomic E-state index is 0.204. The van der Waals surface area contributed by atoms with Gasteiger partial charge >= 0.3 is 0 Å². The minimum atomic E-state index is -0.298. The molecule has 3 nitrogen and oxygen atoms in total. The zero-order valence-corrected chi connectivity index (χ0v) is 16.7. The highest BCUT2D eigenvalue weighted by Gasteiger charge is 2.13. The standard InChI is InChI=1S/C23H23ClFNO2/c1-3-18-8-4-5-10-21(18)26-14-17-12-20(24)23(22(13-17)27-2)28-15-16-7-6-9-19(25)11-16/h4-13,26H,3,14-15H2,1-2H3. The molecule has 146 valence electrons. The van der Waals surface area contributed by atoms with E-state index in [9.17, 15) is 4.39 Å². The Kier molecular flexibility index (Phi) is 6.77. The highest BCUT2D eigenvalue weighted by atomic mass is 35.5. The van der Waals surface area contributed by atoms with E-state index in [1.54, 1.807) is 19.2 Å². The Morgan fingerprint density at radius 2 is 1.82 bits per heavy atom. The second kappa shape index (κ2) is 9.47. The van der Waals surface area contributed by atoms with Gasteiger partial charge in [0.05, 0.1) is 12.1 Å². The summed E-state index contributed by atoms with van der Waals surface area (Å²) in [6, 6.07) is 18.3. The summed E-state index contributed by atoms with van der Waals surface area (Å²) in [4.78, 5) is 0. The predicted octanol–water partition coefficient (Wildman–Crippen LogP) is 6.24. The third-order valence-electron chi connectivity index (χ3n) is 4.44. The first kappa shape index (κ1) is 20.0. The second-order valence-electron chi connectivity index (χ2n) is 6.39. The van der Waals surface area contributed by atoms with Gasteiger partial charge in [-0.15, -0.1) is 0 Å². The molecule has 3 aromatic rings. The SMILES string of the molecule is CCc1ccccc1NCc1cc(Cl)c(OCc2cccc(F)c2)c(OC)c1. The number of hydrogen-bond donors (Lipinski definition) is 1. The van der Waals surface area contributed by atoms with Gasteiger partial charge in [-0.3, -0.25) is 0 Å². The van der Waals surface area contributed by atoms with E-state index in [1.807, 2.05) is 24.3 Å². The van der Waals surface area contributed by atoms with E-state index in [0.29, 0.717) is 23.1 Å². The molecule has 5 heteroatoms. The fourth-order valence-corrected chi connectivity index (χ4v) is 3.28. The minimum Gasteiger partial charge on any atom is -0.493 e. The van der Waals surface area contributed by atoms with Crippen molar-refractivity contribution >= 4 is 17.3 Å². The number of aryl methyl sites for hydroxylation is 1. The van der Waals surface area contributed by atoms with Crippen molar-refractivity contribution < 1.29 is 13.9 Å². The number of halogens is 2. The third-order valence-corrected chi connectivity index (χ3v) is 4.72. The van der Waals surface area contributed by atoms with Crippen LogP contribution in [0.1, 0.15) is 23.6 Å². The molecule has 3 rings (SSSR count). The summed E-state index contributed by atoms with van der Waals surface area (Å²) < 4.78 is 24.6. The maximum atomic E-state index is 13.3. The van der Waals surface area contributed by atoms with E-state index in [0.717, 1.165) is 23.2 Å². The number of para-hydroxylation sites is 1. The van der Waals surface area contributed by atoms with Crippen molar-refractivity contribution in [2.45, 2.75) is 26.5 Å². The Hall–Kier alpha value is -2.72. The number of methoxy groups -OCH3 is 1. The summed E-state index contributed by atoms with van der Waals surface area (Å²) in [5, 5.41) is 3.90. The molecular formula is C23H23ClFNO2. The molecule has 0 aliphatic carbocycles. The quantitative estimate of drug-likeness (QED) is 0.486. The number of ether oxygens (including phenoxy) is 2. The fourth-order valence-electron chi connectivity index (χ4n) is 3.00. The van der Waals surface area contributed by atoms with Crippen molar-refractivity contribution in [3.05, 3.63) is 88.2 Å². The van der Waals surface area contributed by atoms with Crippen molar-refractivity contribution in [1.29, 1.82) is 0 Å². The van der Waals surface area contributed by atoms with Crippen molar-refractivity contribution in [2.75, 3.05) is 12.4 Å². The van der Waals surface area contributed by atoms with E-state index < -0.39 is 0 Å². The van der Waals surface area contributed by atoms with Crippen LogP contribution in [-0.4, -0.2) is 7.11 Å². The Balaban J connectivity index is 1.73. The predicted molar refractivity (Wildman–Crippen MR) is 112 cm³/mol. The van der Waals surface area contributed by atoms with Gasteiger partial charge in [0, 0.05) is 12.2 Å². The molecule has 0 spiro atoms. The normalized spacial score (nSPS) is 10.6. The average Bonchev–Trinajstić information content (AvgIpc) is 2.71. The molecule has 0 aromatic heterocycles. The molecule has 0 heterocycles. The number of benzene rings is 3. The van der Waals surface area contributed by atoms with Gasteiger partial charge < -0.3 is 14.8 Å². The van der Waals surface area contributed by atoms with Crippen LogP contribution in [0.25, 0.3) is 0 Å². The Morgan fingerprint density at radius 3 is 2.57 bits per heavy atom. The van der Waals surface area contributed by atoms with Crippen LogP contribution in [-0.2, 0) is 19.6 Å². The molecule has 0 saturated heterocycles. The van der Waals surface area contributed by atoms with Crippen molar-refractivity contribution in [1.82, 2.24) is 0 Å². The number of nitrogens with one attached hydrogen (secondary N) is 1. The van der Waals surface area contributed by atoms with Gasteiger partial charge in [0.2, 0.25) is 0 Å². The summed E-state index contributed by atoms with van der Waals surface area (Å²) in [6.07, 6.45) is 0.958. The fraction of sp³-hybridized carbons (Fsp3) is 0.217. The summed E-state index contributed by atoms with van der Waals surface area (Å²) >= 11 is 6.44. The van der Waals surface area contributed by atoms with Gasteiger partial charge in [0.1, 0.15) is 12.4 Å². The van der Waals surface area contributed by atoms with Crippen LogP contribution in [0.5, 0.6) is 11.5 Å². The third kappa shape index (κ3) is 4.96. The Bertz CT molecular complexity index is 946. The van der Waals surface area contributed by atoms with E-state index >= 15 is 0 Å². The van der Waals surface area contributed by atoms with Crippen LogP contribution >= 0.6 is 11.6 Å². The van der Waals surface area contributed by atoms with Crippen LogP contribution in [0.3, 0.4) is 0 Å². The first-order valence-corrected chi connectivity index (χ1v) is 9.54. The Labute approximate surface area is 170 Å². The van der Waals surface area contributed by atoms with Crippen LogP contribution in [0.2, 0.25) is 5.02 Å². The topological polar surface area (TPSA) is 30.5 Å². The van der Waals surface area contributed by atoms with Crippen molar-refractivity contribution in [3.63, 3.8) is 0 Å². The molecule has 0 bridgehead atoms. The lowest BCUT2D eigenvalue weighted by Gasteiger charge is -2.16. The van der Waals surface area contributed by atoms with E-state index in [-0.39, 0.29) is 12.4 Å². The van der Waals surface area contributed by atoms with Crippen molar-refractivity contribution in [3.8, 4) is 11.5 Å². The van der Waals surface area contributed by atoms with Gasteiger partial charge in [0.15, 0.2) is 11.5 Å². The van der Waals surface area contributed by atoms with E-state index in [4.69, 9.17) is 21.1 Å². The van der Waals surface area contributed by atoms with Crippen molar-refractivity contribution in [2.24, 2.45) is 0 Å². The van der Waals surface area contributed by atoms with Crippen LogP contribution in [0.4, 0.5) is 10.1 Å². The number of rotatable bonds is 8. The molecule has 0 amide bonds. The summed E-state index contributed by atoms with van der Waals surface area (Å²) in [6.45, 7) is 2.94. The lowest BCUT2D eigenvalue weighted by Crippen LogP contribution is -2.04. The Morgan fingerprint density at radius 1 is 1.00 bits per heavy atom. The molecule has 0 aliphatic rings. The largest absolute Gasteiger partial charge is 0.493 e. The molecule has 0 aliphatic heterocycles.